The average Bonchev–Trinajstić information content (AvgIpc) is 2.56. The molecule has 0 spiro atoms. The van der Waals surface area contributed by atoms with Gasteiger partial charge in [-0.15, -0.1) is 0 Å². The maximum Gasteiger partial charge on any atom is 0.256 e. The van der Waals surface area contributed by atoms with Crippen LogP contribution in [0.2, 0.25) is 0 Å². The molecular weight excluding hydrogens is 314 g/mol. The smallest absolute Gasteiger partial charge is 0.256 e. The second-order valence-electron chi connectivity index (χ2n) is 4.78. The van der Waals surface area contributed by atoms with Gasteiger partial charge in [0.15, 0.2) is 0 Å². The first-order chi connectivity index (χ1) is 11.0. The molecule has 0 bridgehead atoms. The molecule has 0 aliphatic heterocycles. The summed E-state index contributed by atoms with van der Waals surface area (Å²) in [6.07, 6.45) is 1.58. The number of benzene rings is 1. The predicted octanol–water partition coefficient (Wildman–Crippen LogP) is 2.36. The van der Waals surface area contributed by atoms with Gasteiger partial charge in [-0.05, 0) is 36.4 Å². The van der Waals surface area contributed by atoms with Crippen molar-refractivity contribution in [1.82, 2.24) is 9.29 Å². The van der Waals surface area contributed by atoms with Gasteiger partial charge in [-0.25, -0.2) is 13.4 Å². The number of sulfonamides is 1. The van der Waals surface area contributed by atoms with Crippen molar-refractivity contribution in [2.75, 3.05) is 18.4 Å². The third kappa shape index (κ3) is 3.94. The number of amides is 1. The summed E-state index contributed by atoms with van der Waals surface area (Å²) in [7, 11) is -3.51. The number of anilines is 1. The first-order valence-electron chi connectivity index (χ1n) is 7.31. The van der Waals surface area contributed by atoms with Crippen LogP contribution in [0.5, 0.6) is 0 Å². The lowest BCUT2D eigenvalue weighted by atomic mass is 10.2. The van der Waals surface area contributed by atoms with Gasteiger partial charge in [0.1, 0.15) is 5.82 Å². The molecule has 1 amide bonds. The van der Waals surface area contributed by atoms with Crippen molar-refractivity contribution < 1.29 is 13.2 Å². The Bertz CT molecular complexity index is 755. The van der Waals surface area contributed by atoms with Gasteiger partial charge in [-0.3, -0.25) is 4.79 Å². The predicted molar refractivity (Wildman–Crippen MR) is 88.7 cm³/mol. The number of carbonyl (C=O) groups is 1. The Labute approximate surface area is 136 Å². The Morgan fingerprint density at radius 3 is 2.26 bits per heavy atom. The molecule has 122 valence electrons. The zero-order valence-electron chi connectivity index (χ0n) is 13.1. The van der Waals surface area contributed by atoms with E-state index in [1.807, 2.05) is 0 Å². The molecule has 7 heteroatoms. The second-order valence-corrected chi connectivity index (χ2v) is 6.72. The summed E-state index contributed by atoms with van der Waals surface area (Å²) < 4.78 is 26.1. The van der Waals surface area contributed by atoms with Crippen LogP contribution in [-0.2, 0) is 10.0 Å². The van der Waals surface area contributed by atoms with Crippen LogP contribution in [0.4, 0.5) is 5.82 Å². The van der Waals surface area contributed by atoms with Crippen LogP contribution in [0.1, 0.15) is 24.2 Å². The number of nitrogens with one attached hydrogen (secondary N) is 1. The lowest BCUT2D eigenvalue weighted by Crippen LogP contribution is -2.30. The van der Waals surface area contributed by atoms with Crippen LogP contribution in [0, 0.1) is 0 Å². The largest absolute Gasteiger partial charge is 0.307 e. The topological polar surface area (TPSA) is 79.4 Å². The summed E-state index contributed by atoms with van der Waals surface area (Å²) in [5.74, 6) is 0.104. The summed E-state index contributed by atoms with van der Waals surface area (Å²) in [6, 6.07) is 11.1. The molecule has 0 saturated carbocycles. The minimum Gasteiger partial charge on any atom is -0.307 e. The quantitative estimate of drug-likeness (QED) is 0.880. The van der Waals surface area contributed by atoms with Crippen LogP contribution in [0.3, 0.4) is 0 Å². The van der Waals surface area contributed by atoms with Gasteiger partial charge in [0.05, 0.1) is 4.90 Å². The lowest BCUT2D eigenvalue weighted by Gasteiger charge is -2.18. The van der Waals surface area contributed by atoms with E-state index in [0.29, 0.717) is 24.5 Å². The van der Waals surface area contributed by atoms with E-state index in [0.717, 1.165) is 0 Å². The van der Waals surface area contributed by atoms with Crippen molar-refractivity contribution in [1.29, 1.82) is 0 Å². The fraction of sp³-hybridized carbons (Fsp3) is 0.250. The summed E-state index contributed by atoms with van der Waals surface area (Å²) >= 11 is 0. The third-order valence-electron chi connectivity index (χ3n) is 3.37. The number of carbonyl (C=O) groups excluding carboxylic acids is 1. The first kappa shape index (κ1) is 17.1. The van der Waals surface area contributed by atoms with Crippen molar-refractivity contribution in [3.05, 3.63) is 54.2 Å². The standard InChI is InChI=1S/C16H19N3O3S/c1-3-19(4-2)23(21,22)14-10-8-13(9-11-14)16(20)18-15-7-5-6-12-17-15/h5-12H,3-4H2,1-2H3,(H,17,18,20). The van der Waals surface area contributed by atoms with E-state index in [9.17, 15) is 13.2 Å². The minimum absolute atomic E-state index is 0.176. The number of pyridine rings is 1. The fourth-order valence-electron chi connectivity index (χ4n) is 2.12. The van der Waals surface area contributed by atoms with Gasteiger partial charge in [0.25, 0.3) is 5.91 Å². The molecule has 0 radical (unpaired) electrons. The molecule has 0 saturated heterocycles. The van der Waals surface area contributed by atoms with E-state index in [4.69, 9.17) is 0 Å². The molecule has 1 N–H and O–H groups in total. The number of rotatable bonds is 6. The maximum atomic E-state index is 12.4. The van der Waals surface area contributed by atoms with Crippen LogP contribution in [-0.4, -0.2) is 36.7 Å². The molecule has 0 atom stereocenters. The highest BCUT2D eigenvalue weighted by atomic mass is 32.2. The van der Waals surface area contributed by atoms with E-state index in [2.05, 4.69) is 10.3 Å². The van der Waals surface area contributed by atoms with Crippen LogP contribution in [0.15, 0.2) is 53.6 Å². The zero-order chi connectivity index (χ0) is 16.9. The van der Waals surface area contributed by atoms with Crippen molar-refractivity contribution in [2.24, 2.45) is 0 Å². The van der Waals surface area contributed by atoms with Gasteiger partial charge in [0.2, 0.25) is 10.0 Å². The number of aromatic nitrogens is 1. The summed E-state index contributed by atoms with van der Waals surface area (Å²) in [5, 5.41) is 2.65. The van der Waals surface area contributed by atoms with Crippen LogP contribution >= 0.6 is 0 Å². The molecule has 2 rings (SSSR count). The first-order valence-corrected chi connectivity index (χ1v) is 8.75. The molecule has 23 heavy (non-hydrogen) atoms. The van der Waals surface area contributed by atoms with E-state index in [1.54, 1.807) is 38.2 Å². The molecular formula is C16H19N3O3S. The molecule has 1 aromatic heterocycles. The molecule has 2 aromatic rings. The van der Waals surface area contributed by atoms with Gasteiger partial charge >= 0.3 is 0 Å². The molecule has 1 aromatic carbocycles. The van der Waals surface area contributed by atoms with Crippen LogP contribution < -0.4 is 5.32 Å². The Kier molecular flexibility index (Phi) is 5.46. The SMILES string of the molecule is CCN(CC)S(=O)(=O)c1ccc(C(=O)Nc2ccccn2)cc1. The second kappa shape index (κ2) is 7.34. The molecule has 0 aliphatic carbocycles. The highest BCUT2D eigenvalue weighted by molar-refractivity contribution is 7.89. The van der Waals surface area contributed by atoms with Crippen molar-refractivity contribution in [3.8, 4) is 0 Å². The number of hydrogen-bond acceptors (Lipinski definition) is 4. The van der Waals surface area contributed by atoms with Crippen molar-refractivity contribution in [3.63, 3.8) is 0 Å². The number of nitrogens with zero attached hydrogens (tertiary/aromatic N) is 2. The molecule has 0 aliphatic rings. The Morgan fingerprint density at radius 2 is 1.74 bits per heavy atom. The Hall–Kier alpha value is -2.25. The monoisotopic (exact) mass is 333 g/mol. The highest BCUT2D eigenvalue weighted by Crippen LogP contribution is 2.16. The van der Waals surface area contributed by atoms with E-state index in [1.165, 1.54) is 28.6 Å². The molecule has 6 nitrogen and oxygen atoms in total. The van der Waals surface area contributed by atoms with E-state index >= 15 is 0 Å². The Morgan fingerprint density at radius 1 is 1.09 bits per heavy atom. The van der Waals surface area contributed by atoms with Crippen molar-refractivity contribution in [2.45, 2.75) is 18.7 Å². The van der Waals surface area contributed by atoms with Gasteiger partial charge in [-0.2, -0.15) is 4.31 Å². The molecule has 1 heterocycles. The third-order valence-corrected chi connectivity index (χ3v) is 5.43. The van der Waals surface area contributed by atoms with Gasteiger partial charge < -0.3 is 5.32 Å². The average molecular weight is 333 g/mol. The summed E-state index contributed by atoms with van der Waals surface area (Å²) in [4.78, 5) is 16.3. The maximum absolute atomic E-state index is 12.4. The fourth-order valence-corrected chi connectivity index (χ4v) is 3.57. The molecule has 0 unspecified atom stereocenters. The molecule has 0 fully saturated rings. The lowest BCUT2D eigenvalue weighted by molar-refractivity contribution is 0.102. The van der Waals surface area contributed by atoms with Gasteiger partial charge in [0, 0.05) is 24.8 Å². The van der Waals surface area contributed by atoms with Crippen molar-refractivity contribution >= 4 is 21.7 Å². The minimum atomic E-state index is -3.51. The van der Waals surface area contributed by atoms with Gasteiger partial charge in [-0.1, -0.05) is 19.9 Å². The van der Waals surface area contributed by atoms with E-state index < -0.39 is 10.0 Å². The van der Waals surface area contributed by atoms with Crippen LogP contribution in [0.25, 0.3) is 0 Å². The summed E-state index contributed by atoms with van der Waals surface area (Å²) in [5.41, 5.74) is 0.370. The zero-order valence-corrected chi connectivity index (χ0v) is 13.9. The summed E-state index contributed by atoms with van der Waals surface area (Å²) in [6.45, 7) is 4.38. The van der Waals surface area contributed by atoms with E-state index in [-0.39, 0.29) is 10.8 Å². The normalized spacial score (nSPS) is 11.4. The Balaban J connectivity index is 2.18. The number of hydrogen-bond donors (Lipinski definition) is 1. The highest BCUT2D eigenvalue weighted by Gasteiger charge is 2.21.